The second-order valence-electron chi connectivity index (χ2n) is 4.78. The van der Waals surface area contributed by atoms with Crippen LogP contribution >= 0.6 is 34.8 Å². The third-order valence-corrected chi connectivity index (χ3v) is 3.93. The normalized spacial score (nSPS) is 10.1. The number of anilines is 1. The predicted molar refractivity (Wildman–Crippen MR) is 107 cm³/mol. The van der Waals surface area contributed by atoms with E-state index in [2.05, 4.69) is 33.2 Å². The molecule has 7 heteroatoms. The first-order valence-corrected chi connectivity index (χ1v) is 8.67. The Labute approximate surface area is 159 Å². The van der Waals surface area contributed by atoms with Crippen molar-refractivity contribution in [1.82, 2.24) is 5.32 Å². The molecule has 0 bridgehead atoms. The van der Waals surface area contributed by atoms with Crippen LogP contribution in [0, 0.1) is 3.57 Å². The monoisotopic (exact) mass is 456 g/mol. The van der Waals surface area contributed by atoms with Gasteiger partial charge in [0.15, 0.2) is 5.11 Å². The second-order valence-corrected chi connectivity index (χ2v) is 6.43. The molecule has 0 aliphatic carbocycles. The van der Waals surface area contributed by atoms with Crippen molar-refractivity contribution in [2.75, 3.05) is 25.6 Å². The smallest absolute Gasteiger partial charge is 0.257 e. The van der Waals surface area contributed by atoms with Crippen LogP contribution in [0.2, 0.25) is 0 Å². The van der Waals surface area contributed by atoms with Crippen LogP contribution in [0.1, 0.15) is 10.4 Å². The first kappa shape index (κ1) is 18.6. The summed E-state index contributed by atoms with van der Waals surface area (Å²) in [6.45, 7) is 0.979. The van der Waals surface area contributed by atoms with Crippen molar-refractivity contribution in [2.24, 2.45) is 0 Å². The fraction of sp³-hybridized carbons (Fsp3) is 0.176. The highest BCUT2D eigenvalue weighted by atomic mass is 127. The zero-order valence-corrected chi connectivity index (χ0v) is 16.0. The molecular weight excluding hydrogens is 439 g/mol. The Balaban J connectivity index is 1.86. The summed E-state index contributed by atoms with van der Waals surface area (Å²) >= 11 is 7.38. The van der Waals surface area contributed by atoms with Crippen LogP contribution in [0.5, 0.6) is 5.75 Å². The minimum absolute atomic E-state index is 0.252. The summed E-state index contributed by atoms with van der Waals surface area (Å²) in [5.74, 6) is 0.407. The molecule has 0 fully saturated rings. The number of nitrogens with one attached hydrogen (secondary N) is 2. The lowest BCUT2D eigenvalue weighted by molar-refractivity contribution is 0.0977. The van der Waals surface area contributed by atoms with Crippen molar-refractivity contribution in [3.05, 3.63) is 57.7 Å². The van der Waals surface area contributed by atoms with Crippen molar-refractivity contribution in [2.45, 2.75) is 0 Å². The maximum absolute atomic E-state index is 12.2. The molecule has 2 N–H and O–H groups in total. The summed E-state index contributed by atoms with van der Waals surface area (Å²) in [6, 6.07) is 14.5. The highest BCUT2D eigenvalue weighted by molar-refractivity contribution is 14.1. The van der Waals surface area contributed by atoms with Gasteiger partial charge in [-0.05, 0) is 83.3 Å². The van der Waals surface area contributed by atoms with Crippen LogP contribution in [-0.4, -0.2) is 31.3 Å². The number of rotatable bonds is 6. The Kier molecular flexibility index (Phi) is 7.41. The van der Waals surface area contributed by atoms with Crippen molar-refractivity contribution >= 4 is 51.5 Å². The van der Waals surface area contributed by atoms with E-state index >= 15 is 0 Å². The molecule has 0 aliphatic rings. The van der Waals surface area contributed by atoms with Gasteiger partial charge in [-0.2, -0.15) is 0 Å². The third kappa shape index (κ3) is 6.06. The Morgan fingerprint density at radius 3 is 2.38 bits per heavy atom. The molecule has 2 aromatic rings. The summed E-state index contributed by atoms with van der Waals surface area (Å²) in [7, 11) is 1.62. The van der Waals surface area contributed by atoms with E-state index in [1.807, 2.05) is 24.3 Å². The van der Waals surface area contributed by atoms with Crippen LogP contribution in [0.3, 0.4) is 0 Å². The van der Waals surface area contributed by atoms with Gasteiger partial charge in [-0.1, -0.05) is 0 Å². The van der Waals surface area contributed by atoms with Crippen molar-refractivity contribution in [3.63, 3.8) is 0 Å². The predicted octanol–water partition coefficient (Wildman–Crippen LogP) is 3.44. The average molecular weight is 456 g/mol. The molecule has 0 heterocycles. The number of carbonyl (C=O) groups is 1. The van der Waals surface area contributed by atoms with Gasteiger partial charge in [0.25, 0.3) is 5.91 Å². The van der Waals surface area contributed by atoms with Gasteiger partial charge in [-0.15, -0.1) is 0 Å². The van der Waals surface area contributed by atoms with Crippen LogP contribution in [0.25, 0.3) is 0 Å². The number of amides is 1. The topological polar surface area (TPSA) is 59.6 Å². The second kappa shape index (κ2) is 9.55. The lowest BCUT2D eigenvalue weighted by atomic mass is 10.2. The van der Waals surface area contributed by atoms with E-state index < -0.39 is 0 Å². The molecule has 2 rings (SSSR count). The van der Waals surface area contributed by atoms with Crippen LogP contribution in [0.4, 0.5) is 5.69 Å². The van der Waals surface area contributed by atoms with Gasteiger partial charge < -0.3 is 14.8 Å². The Morgan fingerprint density at radius 2 is 1.75 bits per heavy atom. The van der Waals surface area contributed by atoms with E-state index in [-0.39, 0.29) is 11.0 Å². The Bertz CT molecular complexity index is 690. The van der Waals surface area contributed by atoms with Gasteiger partial charge in [0, 0.05) is 21.9 Å². The molecule has 0 atom stereocenters. The fourth-order valence-electron chi connectivity index (χ4n) is 1.82. The first-order chi connectivity index (χ1) is 11.6. The van der Waals surface area contributed by atoms with Crippen molar-refractivity contribution in [1.29, 1.82) is 0 Å². The first-order valence-electron chi connectivity index (χ1n) is 7.18. The number of thiocarbonyl (C=S) groups is 1. The van der Waals surface area contributed by atoms with Crippen LogP contribution in [0.15, 0.2) is 48.5 Å². The molecule has 0 radical (unpaired) electrons. The van der Waals surface area contributed by atoms with Gasteiger partial charge in [-0.25, -0.2) is 0 Å². The van der Waals surface area contributed by atoms with Gasteiger partial charge in [0.05, 0.1) is 6.61 Å². The number of methoxy groups -OCH3 is 1. The third-order valence-electron chi connectivity index (χ3n) is 3.00. The number of ether oxygens (including phenoxy) is 2. The Morgan fingerprint density at radius 1 is 1.08 bits per heavy atom. The molecule has 0 aromatic heterocycles. The van der Waals surface area contributed by atoms with E-state index in [0.717, 1.165) is 9.26 Å². The summed E-state index contributed by atoms with van der Waals surface area (Å²) < 4.78 is 11.5. The molecule has 0 aliphatic heterocycles. The lowest BCUT2D eigenvalue weighted by Gasteiger charge is -2.10. The number of carbonyl (C=O) groups excluding carboxylic acids is 1. The fourth-order valence-corrected chi connectivity index (χ4v) is 2.39. The van der Waals surface area contributed by atoms with E-state index in [1.54, 1.807) is 31.4 Å². The van der Waals surface area contributed by atoms with Crippen molar-refractivity contribution < 1.29 is 14.3 Å². The van der Waals surface area contributed by atoms with Gasteiger partial charge in [-0.3, -0.25) is 10.1 Å². The summed E-state index contributed by atoms with van der Waals surface area (Å²) in [5.41, 5.74) is 1.32. The molecule has 126 valence electrons. The van der Waals surface area contributed by atoms with Gasteiger partial charge in [0.2, 0.25) is 0 Å². The quantitative estimate of drug-likeness (QED) is 0.396. The zero-order chi connectivity index (χ0) is 17.4. The number of hydrogen-bond donors (Lipinski definition) is 2. The maximum atomic E-state index is 12.2. The lowest BCUT2D eigenvalue weighted by Crippen LogP contribution is -2.34. The molecule has 5 nitrogen and oxygen atoms in total. The van der Waals surface area contributed by atoms with Crippen molar-refractivity contribution in [3.8, 4) is 5.75 Å². The van der Waals surface area contributed by atoms with E-state index in [1.165, 1.54) is 0 Å². The summed E-state index contributed by atoms with van der Waals surface area (Å²) in [6.07, 6.45) is 0. The molecule has 0 saturated carbocycles. The van der Waals surface area contributed by atoms with E-state index in [0.29, 0.717) is 24.5 Å². The van der Waals surface area contributed by atoms with Crippen LogP contribution in [-0.2, 0) is 4.74 Å². The molecule has 0 unspecified atom stereocenters. The minimum Gasteiger partial charge on any atom is -0.491 e. The highest BCUT2D eigenvalue weighted by Gasteiger charge is 2.08. The largest absolute Gasteiger partial charge is 0.491 e. The SMILES string of the molecule is COCCOc1ccc(C(=O)NC(=S)Nc2ccc(I)cc2)cc1. The molecule has 24 heavy (non-hydrogen) atoms. The number of halogens is 1. The minimum atomic E-state index is -0.276. The molecule has 1 amide bonds. The number of benzene rings is 2. The highest BCUT2D eigenvalue weighted by Crippen LogP contribution is 2.13. The standard InChI is InChI=1S/C17H17IN2O3S/c1-22-10-11-23-15-8-2-12(3-9-15)16(21)20-17(24)19-14-6-4-13(18)5-7-14/h2-9H,10-11H2,1H3,(H2,19,20,21,24). The number of hydrogen-bond acceptors (Lipinski definition) is 4. The van der Waals surface area contributed by atoms with E-state index in [4.69, 9.17) is 21.7 Å². The molecule has 2 aromatic carbocycles. The maximum Gasteiger partial charge on any atom is 0.257 e. The average Bonchev–Trinajstić information content (AvgIpc) is 2.58. The Hall–Kier alpha value is -1.71. The van der Waals surface area contributed by atoms with Gasteiger partial charge >= 0.3 is 0 Å². The van der Waals surface area contributed by atoms with E-state index in [9.17, 15) is 4.79 Å². The van der Waals surface area contributed by atoms with Gasteiger partial charge in [0.1, 0.15) is 12.4 Å². The zero-order valence-electron chi connectivity index (χ0n) is 13.0. The molecule has 0 saturated heterocycles. The molecular formula is C17H17IN2O3S. The van der Waals surface area contributed by atoms with Crippen LogP contribution < -0.4 is 15.4 Å². The molecule has 0 spiro atoms. The summed E-state index contributed by atoms with van der Waals surface area (Å²) in [4.78, 5) is 12.2. The summed E-state index contributed by atoms with van der Waals surface area (Å²) in [5, 5.41) is 5.87.